The Labute approximate surface area is 75.0 Å². The molecule has 0 aliphatic heterocycles. The van der Waals surface area contributed by atoms with Crippen molar-refractivity contribution in [2.45, 2.75) is 32.9 Å². The van der Waals surface area contributed by atoms with Gasteiger partial charge in [0.15, 0.2) is 0 Å². The Morgan fingerprint density at radius 3 is 2.30 bits per heavy atom. The largest absolute Gasteiger partial charge is 0.462 e. The van der Waals surface area contributed by atoms with Crippen LogP contribution in [0.3, 0.4) is 0 Å². The lowest BCUT2D eigenvalue weighted by molar-refractivity contribution is -0.148. The Morgan fingerprint density at radius 2 is 2.00 bits per heavy atom. The highest BCUT2D eigenvalue weighted by Gasteiger charge is 2.12. The van der Waals surface area contributed by atoms with Crippen LogP contribution in [0.5, 0.6) is 0 Å². The van der Waals surface area contributed by atoms with Gasteiger partial charge in [0, 0.05) is 22.9 Å². The number of carbonyl (C=O) groups excluding carboxylic acids is 1. The molecule has 1 atom stereocenters. The van der Waals surface area contributed by atoms with Gasteiger partial charge in [0.25, 0.3) is 0 Å². The fourth-order valence-electron chi connectivity index (χ4n) is 0.379. The van der Waals surface area contributed by atoms with Gasteiger partial charge >= 0.3 is 5.97 Å². The number of ether oxygens (including phenoxy) is 1. The van der Waals surface area contributed by atoms with Crippen molar-refractivity contribution < 1.29 is 9.53 Å². The smallest absolute Gasteiger partial charge is 0.323 e. The lowest BCUT2D eigenvalue weighted by Gasteiger charge is -2.11. The van der Waals surface area contributed by atoms with Crippen LogP contribution < -0.4 is 3.53 Å². The molecule has 0 rings (SSSR count). The zero-order chi connectivity index (χ0) is 8.15. The Bertz CT molecular complexity index is 116. The van der Waals surface area contributed by atoms with Crippen molar-refractivity contribution in [2.24, 2.45) is 0 Å². The van der Waals surface area contributed by atoms with E-state index in [-0.39, 0.29) is 18.1 Å². The maximum absolute atomic E-state index is 10.9. The number of nitrogens with one attached hydrogen (secondary N) is 1. The van der Waals surface area contributed by atoms with Crippen LogP contribution in [0.15, 0.2) is 0 Å². The Hall–Kier alpha value is 0.160. The fraction of sp³-hybridized carbons (Fsp3) is 0.833. The van der Waals surface area contributed by atoms with Gasteiger partial charge in [0.1, 0.15) is 6.04 Å². The Morgan fingerprint density at radius 1 is 1.50 bits per heavy atom. The Balaban J connectivity index is 3.62. The third-order valence-electron chi connectivity index (χ3n) is 0.869. The minimum absolute atomic E-state index is 0.0281. The molecular formula is C6H12INO2. The van der Waals surface area contributed by atoms with Gasteiger partial charge in [-0.15, -0.1) is 0 Å². The van der Waals surface area contributed by atoms with Crippen molar-refractivity contribution in [3.05, 3.63) is 0 Å². The minimum Gasteiger partial charge on any atom is -0.462 e. The maximum atomic E-state index is 10.9. The molecular weight excluding hydrogens is 245 g/mol. The van der Waals surface area contributed by atoms with E-state index in [0.29, 0.717) is 0 Å². The van der Waals surface area contributed by atoms with E-state index in [9.17, 15) is 4.79 Å². The maximum Gasteiger partial charge on any atom is 0.323 e. The Kier molecular flexibility index (Phi) is 4.98. The highest BCUT2D eigenvalue weighted by atomic mass is 127. The molecule has 3 nitrogen and oxygen atoms in total. The fourth-order valence-corrected chi connectivity index (χ4v) is 0.633. The van der Waals surface area contributed by atoms with Gasteiger partial charge < -0.3 is 4.74 Å². The zero-order valence-electron chi connectivity index (χ0n) is 6.35. The molecule has 0 saturated heterocycles. The van der Waals surface area contributed by atoms with Crippen molar-refractivity contribution >= 4 is 28.8 Å². The van der Waals surface area contributed by atoms with Gasteiger partial charge in [0.2, 0.25) is 0 Å². The third-order valence-corrected chi connectivity index (χ3v) is 1.80. The first-order chi connectivity index (χ1) is 4.57. The van der Waals surface area contributed by atoms with E-state index in [1.807, 2.05) is 36.7 Å². The standard InChI is InChI=1S/C6H12INO2/c1-4(2)10-6(9)5(3)8-7/h4-5,8H,1-3H3/t5-/m0/s1. The second kappa shape index (κ2) is 4.90. The van der Waals surface area contributed by atoms with Gasteiger partial charge in [-0.3, -0.25) is 4.79 Å². The number of rotatable bonds is 3. The molecule has 60 valence electrons. The molecule has 1 N–H and O–H groups in total. The van der Waals surface area contributed by atoms with Gasteiger partial charge in [-0.2, -0.15) is 0 Å². The van der Waals surface area contributed by atoms with E-state index in [1.54, 1.807) is 6.92 Å². The third kappa shape index (κ3) is 4.05. The quantitative estimate of drug-likeness (QED) is 0.470. The van der Waals surface area contributed by atoms with Crippen LogP contribution in [0.25, 0.3) is 0 Å². The van der Waals surface area contributed by atoms with Crippen LogP contribution in [0.1, 0.15) is 20.8 Å². The number of halogens is 1. The summed E-state index contributed by atoms with van der Waals surface area (Å²) in [6.45, 7) is 5.42. The summed E-state index contributed by atoms with van der Waals surface area (Å²) in [7, 11) is 0. The molecule has 0 amide bonds. The van der Waals surface area contributed by atoms with E-state index >= 15 is 0 Å². The second-order valence-electron chi connectivity index (χ2n) is 2.32. The van der Waals surface area contributed by atoms with Crippen molar-refractivity contribution in [3.63, 3.8) is 0 Å². The van der Waals surface area contributed by atoms with Gasteiger partial charge in [-0.05, 0) is 20.8 Å². The molecule has 10 heavy (non-hydrogen) atoms. The van der Waals surface area contributed by atoms with Gasteiger partial charge in [-0.25, -0.2) is 3.53 Å². The van der Waals surface area contributed by atoms with Crippen LogP contribution in [0.4, 0.5) is 0 Å². The van der Waals surface area contributed by atoms with Gasteiger partial charge in [-0.1, -0.05) is 0 Å². The first kappa shape index (κ1) is 10.2. The number of hydrogen-bond acceptors (Lipinski definition) is 3. The van der Waals surface area contributed by atoms with E-state index in [2.05, 4.69) is 3.53 Å². The SMILES string of the molecule is CC(C)OC(=O)[C@H](C)NI. The van der Waals surface area contributed by atoms with Crippen LogP contribution in [0, 0.1) is 0 Å². The summed E-state index contributed by atoms with van der Waals surface area (Å²) in [6.07, 6.45) is -0.0281. The molecule has 0 unspecified atom stereocenters. The van der Waals surface area contributed by atoms with Crippen molar-refractivity contribution in [3.8, 4) is 0 Å². The van der Waals surface area contributed by atoms with E-state index in [1.165, 1.54) is 0 Å². The summed E-state index contributed by atoms with van der Waals surface area (Å²) in [5.41, 5.74) is 0. The van der Waals surface area contributed by atoms with E-state index in [4.69, 9.17) is 4.74 Å². The van der Waals surface area contributed by atoms with Crippen molar-refractivity contribution in [1.82, 2.24) is 3.53 Å². The highest BCUT2D eigenvalue weighted by molar-refractivity contribution is 14.1. The summed E-state index contributed by atoms with van der Waals surface area (Å²) in [4.78, 5) is 10.9. The molecule has 0 aromatic heterocycles. The summed E-state index contributed by atoms with van der Waals surface area (Å²) in [5.74, 6) is -0.204. The molecule has 0 aliphatic carbocycles. The van der Waals surface area contributed by atoms with E-state index in [0.717, 1.165) is 0 Å². The van der Waals surface area contributed by atoms with Crippen LogP contribution in [0.2, 0.25) is 0 Å². The number of carbonyl (C=O) groups is 1. The molecule has 0 spiro atoms. The zero-order valence-corrected chi connectivity index (χ0v) is 8.51. The first-order valence-corrected chi connectivity index (χ1v) is 4.22. The predicted molar refractivity (Wildman–Crippen MR) is 47.8 cm³/mol. The monoisotopic (exact) mass is 257 g/mol. The van der Waals surface area contributed by atoms with Crippen molar-refractivity contribution in [2.75, 3.05) is 0 Å². The average Bonchev–Trinajstić information content (AvgIpc) is 1.85. The molecule has 0 aromatic rings. The molecule has 0 aromatic carbocycles. The van der Waals surface area contributed by atoms with Crippen LogP contribution >= 0.6 is 22.9 Å². The molecule has 0 saturated carbocycles. The summed E-state index contributed by atoms with van der Waals surface area (Å²) < 4.78 is 7.66. The predicted octanol–water partition coefficient (Wildman–Crippen LogP) is 1.27. The summed E-state index contributed by atoms with van der Waals surface area (Å²) in [6, 6.07) is -0.219. The van der Waals surface area contributed by atoms with Crippen molar-refractivity contribution in [1.29, 1.82) is 0 Å². The lowest BCUT2D eigenvalue weighted by atomic mass is 10.4. The molecule has 0 fully saturated rings. The second-order valence-corrected chi connectivity index (χ2v) is 2.94. The average molecular weight is 257 g/mol. The normalized spacial score (nSPS) is 13.3. The summed E-state index contributed by atoms with van der Waals surface area (Å²) >= 11 is 1.92. The molecule has 0 aliphatic rings. The molecule has 0 heterocycles. The molecule has 0 radical (unpaired) electrons. The van der Waals surface area contributed by atoms with Gasteiger partial charge in [0.05, 0.1) is 6.10 Å². The number of hydrogen-bond donors (Lipinski definition) is 1. The van der Waals surface area contributed by atoms with Crippen LogP contribution in [-0.2, 0) is 9.53 Å². The van der Waals surface area contributed by atoms with E-state index < -0.39 is 0 Å². The molecule has 4 heteroatoms. The number of esters is 1. The lowest BCUT2D eigenvalue weighted by Crippen LogP contribution is -2.30. The highest BCUT2D eigenvalue weighted by Crippen LogP contribution is 1.94. The van der Waals surface area contributed by atoms with Crippen LogP contribution in [-0.4, -0.2) is 18.1 Å². The minimum atomic E-state index is -0.219. The molecule has 0 bridgehead atoms. The topological polar surface area (TPSA) is 38.3 Å². The summed E-state index contributed by atoms with van der Waals surface area (Å²) in [5, 5.41) is 0. The first-order valence-electron chi connectivity index (χ1n) is 3.14.